The quantitative estimate of drug-likeness (QED) is 0.217. The second-order valence-electron chi connectivity index (χ2n) is 6.04. The lowest BCUT2D eigenvalue weighted by molar-refractivity contribution is -0.131. The maximum Gasteiger partial charge on any atom is 0.242 e. The Balaban J connectivity index is 0.00000729. The molecule has 0 aliphatic heterocycles. The Morgan fingerprint density at radius 1 is 1.18 bits per heavy atom. The SMILES string of the molecule is CCNC(=NCCCOc1cccc(OC)c1)N(C)CC(=O)N(CC)CC.I. The van der Waals surface area contributed by atoms with Crippen LogP contribution >= 0.6 is 24.0 Å². The van der Waals surface area contributed by atoms with E-state index in [4.69, 9.17) is 9.47 Å². The molecule has 0 radical (unpaired) electrons. The van der Waals surface area contributed by atoms with Gasteiger partial charge in [0.25, 0.3) is 0 Å². The van der Waals surface area contributed by atoms with Crippen LogP contribution in [0.4, 0.5) is 0 Å². The lowest BCUT2D eigenvalue weighted by Crippen LogP contribution is -2.45. The van der Waals surface area contributed by atoms with Gasteiger partial charge in [0.1, 0.15) is 11.5 Å². The van der Waals surface area contributed by atoms with E-state index in [1.165, 1.54) is 0 Å². The summed E-state index contributed by atoms with van der Waals surface area (Å²) in [6.45, 7) is 9.69. The van der Waals surface area contributed by atoms with E-state index in [2.05, 4.69) is 10.3 Å². The number of halogens is 1. The van der Waals surface area contributed by atoms with Gasteiger partial charge in [0, 0.05) is 45.7 Å². The molecule has 0 fully saturated rings. The Morgan fingerprint density at radius 3 is 2.46 bits per heavy atom. The third kappa shape index (κ3) is 9.48. The van der Waals surface area contributed by atoms with Crippen molar-refractivity contribution in [1.82, 2.24) is 15.1 Å². The highest BCUT2D eigenvalue weighted by Crippen LogP contribution is 2.18. The molecule has 1 N–H and O–H groups in total. The molecular formula is C20H35IN4O3. The van der Waals surface area contributed by atoms with Crippen molar-refractivity contribution in [3.05, 3.63) is 24.3 Å². The van der Waals surface area contributed by atoms with Crippen molar-refractivity contribution in [2.24, 2.45) is 4.99 Å². The van der Waals surface area contributed by atoms with Crippen molar-refractivity contribution in [1.29, 1.82) is 0 Å². The van der Waals surface area contributed by atoms with Crippen LogP contribution in [-0.4, -0.2) is 75.2 Å². The van der Waals surface area contributed by atoms with Crippen molar-refractivity contribution in [3.8, 4) is 11.5 Å². The third-order valence-corrected chi connectivity index (χ3v) is 4.06. The number of rotatable bonds is 11. The van der Waals surface area contributed by atoms with Gasteiger partial charge >= 0.3 is 0 Å². The van der Waals surface area contributed by atoms with E-state index in [9.17, 15) is 4.79 Å². The Labute approximate surface area is 186 Å². The summed E-state index contributed by atoms with van der Waals surface area (Å²) < 4.78 is 10.9. The van der Waals surface area contributed by atoms with Crippen molar-refractivity contribution in [2.75, 3.05) is 53.5 Å². The van der Waals surface area contributed by atoms with E-state index in [1.807, 2.05) is 61.9 Å². The number of likely N-dealkylation sites (N-methyl/N-ethyl adjacent to an activating group) is 2. The van der Waals surface area contributed by atoms with Gasteiger partial charge in [-0.3, -0.25) is 9.79 Å². The number of carbonyl (C=O) groups is 1. The lowest BCUT2D eigenvalue weighted by atomic mass is 10.3. The Hall–Kier alpha value is -1.71. The van der Waals surface area contributed by atoms with Gasteiger partial charge in [-0.1, -0.05) is 6.07 Å². The highest BCUT2D eigenvalue weighted by molar-refractivity contribution is 14.0. The average molecular weight is 506 g/mol. The zero-order chi connectivity index (χ0) is 20.1. The normalized spacial score (nSPS) is 10.7. The molecule has 0 aliphatic carbocycles. The topological polar surface area (TPSA) is 66.4 Å². The van der Waals surface area contributed by atoms with Gasteiger partial charge in [0.15, 0.2) is 5.96 Å². The summed E-state index contributed by atoms with van der Waals surface area (Å²) in [5.41, 5.74) is 0. The van der Waals surface area contributed by atoms with E-state index < -0.39 is 0 Å². The number of benzene rings is 1. The maximum atomic E-state index is 12.3. The van der Waals surface area contributed by atoms with Crippen LogP contribution < -0.4 is 14.8 Å². The van der Waals surface area contributed by atoms with Crippen molar-refractivity contribution >= 4 is 35.8 Å². The molecule has 0 bridgehead atoms. The molecule has 1 aromatic rings. The van der Waals surface area contributed by atoms with E-state index in [-0.39, 0.29) is 29.9 Å². The summed E-state index contributed by atoms with van der Waals surface area (Å²) >= 11 is 0. The zero-order valence-corrected chi connectivity index (χ0v) is 20.1. The minimum atomic E-state index is 0. The zero-order valence-electron chi connectivity index (χ0n) is 17.7. The van der Waals surface area contributed by atoms with Crippen LogP contribution in [0.25, 0.3) is 0 Å². The molecule has 1 rings (SSSR count). The molecule has 0 aliphatic rings. The van der Waals surface area contributed by atoms with Gasteiger partial charge in [0.2, 0.25) is 5.91 Å². The molecule has 7 nitrogen and oxygen atoms in total. The third-order valence-electron chi connectivity index (χ3n) is 4.06. The van der Waals surface area contributed by atoms with E-state index in [0.717, 1.165) is 43.5 Å². The van der Waals surface area contributed by atoms with E-state index in [1.54, 1.807) is 7.11 Å². The molecule has 8 heteroatoms. The summed E-state index contributed by atoms with van der Waals surface area (Å²) in [7, 11) is 3.52. The van der Waals surface area contributed by atoms with Crippen LogP contribution in [0.2, 0.25) is 0 Å². The van der Waals surface area contributed by atoms with Gasteiger partial charge < -0.3 is 24.6 Å². The van der Waals surface area contributed by atoms with Crippen LogP contribution in [0.3, 0.4) is 0 Å². The first-order chi connectivity index (χ1) is 13.0. The molecule has 0 saturated heterocycles. The Kier molecular flexibility index (Phi) is 14.3. The van der Waals surface area contributed by atoms with Crippen molar-refractivity contribution < 1.29 is 14.3 Å². The number of hydrogen-bond donors (Lipinski definition) is 1. The largest absolute Gasteiger partial charge is 0.497 e. The first kappa shape index (κ1) is 26.3. The Morgan fingerprint density at radius 2 is 1.86 bits per heavy atom. The van der Waals surface area contributed by atoms with Crippen molar-refractivity contribution in [3.63, 3.8) is 0 Å². The summed E-state index contributed by atoms with van der Waals surface area (Å²) in [5, 5.41) is 3.23. The van der Waals surface area contributed by atoms with Crippen LogP contribution in [0.1, 0.15) is 27.2 Å². The van der Waals surface area contributed by atoms with Crippen LogP contribution in [-0.2, 0) is 4.79 Å². The summed E-state index contributed by atoms with van der Waals surface area (Å²) in [5.74, 6) is 2.40. The van der Waals surface area contributed by atoms with Gasteiger partial charge in [-0.15, -0.1) is 24.0 Å². The van der Waals surface area contributed by atoms with Crippen LogP contribution in [0, 0.1) is 0 Å². The van der Waals surface area contributed by atoms with E-state index in [0.29, 0.717) is 19.7 Å². The fraction of sp³-hybridized carbons (Fsp3) is 0.600. The number of methoxy groups -OCH3 is 1. The minimum Gasteiger partial charge on any atom is -0.497 e. The number of guanidine groups is 1. The standard InChI is InChI=1S/C20H34N4O3.HI/c1-6-21-20(23(4)16-19(25)24(7-2)8-3)22-13-10-14-27-18-12-9-11-17(15-18)26-5;/h9,11-12,15H,6-8,10,13-14,16H2,1-5H3,(H,21,22);1H. The summed E-state index contributed by atoms with van der Waals surface area (Å²) in [6, 6.07) is 7.55. The number of ether oxygens (including phenoxy) is 2. The predicted octanol–water partition coefficient (Wildman–Crippen LogP) is 2.85. The summed E-state index contributed by atoms with van der Waals surface area (Å²) in [6.07, 6.45) is 0.782. The number of nitrogens with zero attached hydrogens (tertiary/aromatic N) is 3. The van der Waals surface area contributed by atoms with Gasteiger partial charge in [-0.2, -0.15) is 0 Å². The lowest BCUT2D eigenvalue weighted by Gasteiger charge is -2.25. The smallest absolute Gasteiger partial charge is 0.242 e. The number of nitrogens with one attached hydrogen (secondary N) is 1. The van der Waals surface area contributed by atoms with E-state index >= 15 is 0 Å². The minimum absolute atomic E-state index is 0. The second kappa shape index (κ2) is 15.2. The second-order valence-corrected chi connectivity index (χ2v) is 6.04. The molecule has 0 spiro atoms. The predicted molar refractivity (Wildman–Crippen MR) is 125 cm³/mol. The fourth-order valence-electron chi connectivity index (χ4n) is 2.55. The van der Waals surface area contributed by atoms with Crippen LogP contribution in [0.15, 0.2) is 29.3 Å². The molecule has 1 amide bonds. The number of carbonyl (C=O) groups excluding carboxylic acids is 1. The summed E-state index contributed by atoms with van der Waals surface area (Å²) in [4.78, 5) is 20.6. The highest BCUT2D eigenvalue weighted by Gasteiger charge is 2.14. The number of aliphatic imine (C=N–C) groups is 1. The first-order valence-corrected chi connectivity index (χ1v) is 9.59. The van der Waals surface area contributed by atoms with Crippen LogP contribution in [0.5, 0.6) is 11.5 Å². The molecule has 28 heavy (non-hydrogen) atoms. The maximum absolute atomic E-state index is 12.3. The molecule has 0 unspecified atom stereocenters. The number of amides is 1. The molecule has 0 aromatic heterocycles. The molecule has 0 saturated carbocycles. The monoisotopic (exact) mass is 506 g/mol. The average Bonchev–Trinajstić information content (AvgIpc) is 2.67. The van der Waals surface area contributed by atoms with Crippen molar-refractivity contribution in [2.45, 2.75) is 27.2 Å². The first-order valence-electron chi connectivity index (χ1n) is 9.59. The highest BCUT2D eigenvalue weighted by atomic mass is 127. The van der Waals surface area contributed by atoms with Gasteiger partial charge in [0.05, 0.1) is 20.3 Å². The van der Waals surface area contributed by atoms with Gasteiger partial charge in [-0.05, 0) is 32.9 Å². The van der Waals surface area contributed by atoms with Gasteiger partial charge in [-0.25, -0.2) is 0 Å². The number of hydrogen-bond acceptors (Lipinski definition) is 4. The molecular weight excluding hydrogens is 471 g/mol. The Bertz CT molecular complexity index is 595. The fourth-order valence-corrected chi connectivity index (χ4v) is 2.55. The molecule has 0 heterocycles. The molecule has 160 valence electrons. The molecule has 0 atom stereocenters. The molecule has 1 aromatic carbocycles.